The lowest BCUT2D eigenvalue weighted by Gasteiger charge is -2.20. The third kappa shape index (κ3) is 3.40. The maximum absolute atomic E-state index is 13.2. The molecule has 0 fully saturated rings. The zero-order chi connectivity index (χ0) is 19.6. The second kappa shape index (κ2) is 7.80. The van der Waals surface area contributed by atoms with Gasteiger partial charge in [0.25, 0.3) is 5.56 Å². The summed E-state index contributed by atoms with van der Waals surface area (Å²) < 4.78 is 2.36. The second-order valence-electron chi connectivity index (χ2n) is 6.04. The van der Waals surface area contributed by atoms with Gasteiger partial charge < -0.3 is 4.90 Å². The number of likely N-dealkylation sites (N-methyl/N-ethyl adjacent to an activating group) is 1. The zero-order valence-electron chi connectivity index (χ0n) is 15.2. The maximum atomic E-state index is 13.2. The van der Waals surface area contributed by atoms with Gasteiger partial charge in [0.15, 0.2) is 0 Å². The summed E-state index contributed by atoms with van der Waals surface area (Å²) in [5.41, 5.74) is -0.331. The van der Waals surface area contributed by atoms with Crippen LogP contribution in [0.5, 0.6) is 0 Å². The highest BCUT2D eigenvalue weighted by atomic mass is 35.5. The molecule has 0 aliphatic carbocycles. The third-order valence-electron chi connectivity index (χ3n) is 4.55. The first-order valence-electron chi connectivity index (χ1n) is 8.76. The summed E-state index contributed by atoms with van der Waals surface area (Å²) >= 11 is 6.22. The standard InChI is InChI=1S/C20H20ClN3O3/c1-3-22(4-2)18(25)13-23-16-11-7-5-9-14(16)19(26)24(20(23)27)17-12-8-6-10-15(17)21/h5-12H,3-4,13H2,1-2H3. The Labute approximate surface area is 161 Å². The van der Waals surface area contributed by atoms with Gasteiger partial charge in [-0.15, -0.1) is 0 Å². The summed E-state index contributed by atoms with van der Waals surface area (Å²) in [6, 6.07) is 13.4. The van der Waals surface area contributed by atoms with Crippen molar-refractivity contribution in [3.8, 4) is 5.69 Å². The van der Waals surface area contributed by atoms with E-state index in [0.717, 1.165) is 4.57 Å². The van der Waals surface area contributed by atoms with Crippen molar-refractivity contribution in [3.63, 3.8) is 0 Å². The van der Waals surface area contributed by atoms with Gasteiger partial charge in [0, 0.05) is 13.1 Å². The van der Waals surface area contributed by atoms with Gasteiger partial charge >= 0.3 is 5.69 Å². The molecule has 3 aromatic rings. The number of nitrogens with zero attached hydrogens (tertiary/aromatic N) is 3. The van der Waals surface area contributed by atoms with E-state index in [-0.39, 0.29) is 17.5 Å². The zero-order valence-corrected chi connectivity index (χ0v) is 15.9. The largest absolute Gasteiger partial charge is 0.342 e. The lowest BCUT2D eigenvalue weighted by molar-refractivity contribution is -0.131. The van der Waals surface area contributed by atoms with Crippen LogP contribution in [0, 0.1) is 0 Å². The fourth-order valence-corrected chi connectivity index (χ4v) is 3.35. The summed E-state index contributed by atoms with van der Waals surface area (Å²) in [5, 5.41) is 0.637. The Morgan fingerprint density at radius 3 is 2.30 bits per heavy atom. The minimum Gasteiger partial charge on any atom is -0.342 e. The van der Waals surface area contributed by atoms with Crippen LogP contribution in [0.2, 0.25) is 5.02 Å². The average molecular weight is 386 g/mol. The van der Waals surface area contributed by atoms with Crippen LogP contribution in [0.15, 0.2) is 58.1 Å². The van der Waals surface area contributed by atoms with E-state index in [2.05, 4.69) is 0 Å². The highest BCUT2D eigenvalue weighted by Gasteiger charge is 2.19. The molecule has 2 aromatic carbocycles. The highest BCUT2D eigenvalue weighted by molar-refractivity contribution is 6.32. The van der Waals surface area contributed by atoms with Crippen molar-refractivity contribution in [1.29, 1.82) is 0 Å². The third-order valence-corrected chi connectivity index (χ3v) is 4.87. The number of carbonyl (C=O) groups excluding carboxylic acids is 1. The lowest BCUT2D eigenvalue weighted by Crippen LogP contribution is -2.42. The predicted octanol–water partition coefficient (Wildman–Crippen LogP) is 2.67. The number of hydrogen-bond acceptors (Lipinski definition) is 3. The van der Waals surface area contributed by atoms with E-state index in [1.54, 1.807) is 53.4 Å². The number of halogens is 1. The molecule has 1 heterocycles. The molecular weight excluding hydrogens is 366 g/mol. The van der Waals surface area contributed by atoms with E-state index in [9.17, 15) is 14.4 Å². The average Bonchev–Trinajstić information content (AvgIpc) is 2.67. The number of carbonyl (C=O) groups is 1. The summed E-state index contributed by atoms with van der Waals surface area (Å²) in [5.74, 6) is -0.184. The van der Waals surface area contributed by atoms with Crippen LogP contribution in [0.25, 0.3) is 16.6 Å². The molecular formula is C20H20ClN3O3. The van der Waals surface area contributed by atoms with Gasteiger partial charge in [0.05, 0.1) is 21.6 Å². The van der Waals surface area contributed by atoms with Crippen LogP contribution in [0.4, 0.5) is 0 Å². The lowest BCUT2D eigenvalue weighted by atomic mass is 10.2. The summed E-state index contributed by atoms with van der Waals surface area (Å²) in [4.78, 5) is 40.4. The van der Waals surface area contributed by atoms with Crippen molar-refractivity contribution in [2.45, 2.75) is 20.4 Å². The Bertz CT molecular complexity index is 1110. The highest BCUT2D eigenvalue weighted by Crippen LogP contribution is 2.18. The van der Waals surface area contributed by atoms with E-state index >= 15 is 0 Å². The van der Waals surface area contributed by atoms with E-state index < -0.39 is 11.2 Å². The van der Waals surface area contributed by atoms with Crippen molar-refractivity contribution in [3.05, 3.63) is 74.4 Å². The molecule has 0 atom stereocenters. The maximum Gasteiger partial charge on any atom is 0.336 e. The molecule has 0 bridgehead atoms. The monoisotopic (exact) mass is 385 g/mol. The van der Waals surface area contributed by atoms with Crippen LogP contribution >= 0.6 is 11.6 Å². The molecule has 0 spiro atoms. The number of aromatic nitrogens is 2. The van der Waals surface area contributed by atoms with E-state index in [0.29, 0.717) is 29.7 Å². The fourth-order valence-electron chi connectivity index (χ4n) is 3.13. The number of fused-ring (bicyclic) bond motifs is 1. The SMILES string of the molecule is CCN(CC)C(=O)Cn1c(=O)n(-c2ccccc2Cl)c(=O)c2ccccc21. The molecule has 1 amide bonds. The minimum absolute atomic E-state index is 0.147. The van der Waals surface area contributed by atoms with Crippen molar-refractivity contribution >= 4 is 28.4 Å². The molecule has 0 saturated carbocycles. The van der Waals surface area contributed by atoms with Gasteiger partial charge in [-0.25, -0.2) is 9.36 Å². The van der Waals surface area contributed by atoms with Gasteiger partial charge in [0.1, 0.15) is 6.54 Å². The Balaban J connectivity index is 2.31. The van der Waals surface area contributed by atoms with Crippen molar-refractivity contribution in [1.82, 2.24) is 14.0 Å². The Morgan fingerprint density at radius 1 is 1.00 bits per heavy atom. The Hall–Kier alpha value is -2.86. The van der Waals surface area contributed by atoms with Crippen molar-refractivity contribution in [2.75, 3.05) is 13.1 Å². The number of para-hydroxylation sites is 2. The van der Waals surface area contributed by atoms with Crippen molar-refractivity contribution in [2.24, 2.45) is 0 Å². The summed E-state index contributed by atoms with van der Waals surface area (Å²) in [7, 11) is 0. The Kier molecular flexibility index (Phi) is 5.46. The molecule has 140 valence electrons. The molecule has 27 heavy (non-hydrogen) atoms. The first-order chi connectivity index (χ1) is 13.0. The molecule has 3 rings (SSSR count). The van der Waals surface area contributed by atoms with Crippen molar-refractivity contribution < 1.29 is 4.79 Å². The first-order valence-corrected chi connectivity index (χ1v) is 9.14. The number of hydrogen-bond donors (Lipinski definition) is 0. The normalized spacial score (nSPS) is 10.9. The smallest absolute Gasteiger partial charge is 0.336 e. The van der Waals surface area contributed by atoms with E-state index in [1.807, 2.05) is 13.8 Å². The first kappa shape index (κ1) is 18.9. The molecule has 7 heteroatoms. The summed E-state index contributed by atoms with van der Waals surface area (Å²) in [6.45, 7) is 4.71. The topological polar surface area (TPSA) is 64.3 Å². The van der Waals surface area contributed by atoms with Gasteiger partial charge in [0.2, 0.25) is 5.91 Å². The summed E-state index contributed by atoms with van der Waals surface area (Å²) in [6.07, 6.45) is 0. The van der Waals surface area contributed by atoms with E-state index in [1.165, 1.54) is 4.57 Å². The van der Waals surface area contributed by atoms with Crippen LogP contribution < -0.4 is 11.2 Å². The number of rotatable bonds is 5. The molecule has 0 N–H and O–H groups in total. The number of benzene rings is 2. The van der Waals surface area contributed by atoms with Gasteiger partial charge in [-0.05, 0) is 38.1 Å². The van der Waals surface area contributed by atoms with Gasteiger partial charge in [-0.2, -0.15) is 0 Å². The molecule has 0 aliphatic heterocycles. The van der Waals surface area contributed by atoms with Gasteiger partial charge in [-0.3, -0.25) is 14.2 Å². The second-order valence-corrected chi connectivity index (χ2v) is 6.45. The Morgan fingerprint density at radius 2 is 1.63 bits per heavy atom. The molecule has 0 radical (unpaired) electrons. The quantitative estimate of drug-likeness (QED) is 0.678. The van der Waals surface area contributed by atoms with Crippen LogP contribution in [0.1, 0.15) is 13.8 Å². The van der Waals surface area contributed by atoms with Gasteiger partial charge in [-0.1, -0.05) is 35.9 Å². The van der Waals surface area contributed by atoms with Crippen LogP contribution in [0.3, 0.4) is 0 Å². The predicted molar refractivity (Wildman–Crippen MR) is 107 cm³/mol. The van der Waals surface area contributed by atoms with E-state index in [4.69, 9.17) is 11.6 Å². The molecule has 1 aromatic heterocycles. The molecule has 6 nitrogen and oxygen atoms in total. The molecule has 0 saturated heterocycles. The molecule has 0 aliphatic rings. The van der Waals surface area contributed by atoms with Crippen LogP contribution in [-0.2, 0) is 11.3 Å². The number of amides is 1. The fraction of sp³-hybridized carbons (Fsp3) is 0.250. The minimum atomic E-state index is -0.590. The molecule has 0 unspecified atom stereocenters. The van der Waals surface area contributed by atoms with Crippen LogP contribution in [-0.4, -0.2) is 33.0 Å².